The van der Waals surface area contributed by atoms with Crippen molar-refractivity contribution < 1.29 is 4.79 Å². The molecule has 2 aromatic rings. The highest BCUT2D eigenvalue weighted by atomic mass is 32.2. The van der Waals surface area contributed by atoms with E-state index >= 15 is 0 Å². The lowest BCUT2D eigenvalue weighted by atomic mass is 10.2. The third-order valence-corrected chi connectivity index (χ3v) is 4.86. The first-order valence-corrected chi connectivity index (χ1v) is 8.40. The maximum atomic E-state index is 11.7. The van der Waals surface area contributed by atoms with E-state index in [1.165, 1.54) is 11.8 Å². The van der Waals surface area contributed by atoms with E-state index in [0.29, 0.717) is 5.75 Å². The molecule has 1 heterocycles. The summed E-state index contributed by atoms with van der Waals surface area (Å²) in [7, 11) is 0. The molecule has 110 valence electrons. The number of thioether (sulfide) groups is 1. The molecule has 0 aliphatic rings. The number of allylic oxidation sites excluding steroid dienone is 1. The summed E-state index contributed by atoms with van der Waals surface area (Å²) in [5.74, 6) is 0.204. The van der Waals surface area contributed by atoms with Crippen LogP contribution in [0.2, 0.25) is 0 Å². The van der Waals surface area contributed by atoms with Crippen molar-refractivity contribution in [2.75, 3.05) is 5.75 Å². The molecule has 0 atom stereocenters. The molecule has 0 spiro atoms. The van der Waals surface area contributed by atoms with Gasteiger partial charge in [-0.3, -0.25) is 4.79 Å². The summed E-state index contributed by atoms with van der Waals surface area (Å²) >= 11 is 3.03. The number of thiazole rings is 1. The minimum atomic E-state index is -0.114. The summed E-state index contributed by atoms with van der Waals surface area (Å²) in [6.07, 6.45) is 3.52. The molecule has 1 amide bonds. The van der Waals surface area contributed by atoms with Crippen molar-refractivity contribution in [2.45, 2.75) is 24.1 Å². The molecule has 0 fully saturated rings. The molecule has 0 bridgehead atoms. The summed E-state index contributed by atoms with van der Waals surface area (Å²) in [6.45, 7) is 5.55. The minimum absolute atomic E-state index is 0.114. The number of hydrogen-bond acceptors (Lipinski definition) is 5. The number of hydrogen-bond donors (Lipinski definition) is 1. The van der Waals surface area contributed by atoms with Crippen LogP contribution in [-0.2, 0) is 4.79 Å². The van der Waals surface area contributed by atoms with E-state index in [0.717, 1.165) is 33.1 Å². The zero-order chi connectivity index (χ0) is 15.1. The highest BCUT2D eigenvalue weighted by Gasteiger charge is 2.07. The van der Waals surface area contributed by atoms with E-state index in [-0.39, 0.29) is 5.91 Å². The van der Waals surface area contributed by atoms with Gasteiger partial charge in [-0.15, -0.1) is 17.9 Å². The quantitative estimate of drug-likeness (QED) is 0.365. The molecule has 0 saturated heterocycles. The lowest BCUT2D eigenvalue weighted by molar-refractivity contribution is -0.118. The molecule has 1 N–H and O–H groups in total. The Morgan fingerprint density at radius 3 is 3.10 bits per heavy atom. The van der Waals surface area contributed by atoms with Crippen LogP contribution < -0.4 is 5.43 Å². The van der Waals surface area contributed by atoms with Crippen molar-refractivity contribution in [1.29, 1.82) is 0 Å². The Hall–Kier alpha value is -1.66. The second-order valence-electron chi connectivity index (χ2n) is 4.45. The molecule has 0 unspecified atom stereocenters. The number of carbonyl (C=O) groups is 1. The topological polar surface area (TPSA) is 54.4 Å². The van der Waals surface area contributed by atoms with Crippen LogP contribution >= 0.6 is 23.1 Å². The van der Waals surface area contributed by atoms with Crippen LogP contribution in [0, 0.1) is 0 Å². The molecule has 0 saturated carbocycles. The number of nitrogens with zero attached hydrogens (tertiary/aromatic N) is 2. The van der Waals surface area contributed by atoms with Gasteiger partial charge in [0.2, 0.25) is 0 Å². The average molecular weight is 319 g/mol. The Balaban J connectivity index is 1.82. The fraction of sp³-hybridized carbons (Fsp3) is 0.267. The Morgan fingerprint density at radius 2 is 2.33 bits per heavy atom. The highest BCUT2D eigenvalue weighted by molar-refractivity contribution is 8.01. The van der Waals surface area contributed by atoms with Gasteiger partial charge in [-0.2, -0.15) is 5.10 Å². The maximum Gasteiger partial charge on any atom is 0.250 e. The molecular formula is C15H17N3OS2. The van der Waals surface area contributed by atoms with Gasteiger partial charge in [-0.1, -0.05) is 30.0 Å². The zero-order valence-corrected chi connectivity index (χ0v) is 13.5. The van der Waals surface area contributed by atoms with Gasteiger partial charge in [0, 0.05) is 5.71 Å². The summed E-state index contributed by atoms with van der Waals surface area (Å²) < 4.78 is 2.04. The lowest BCUT2D eigenvalue weighted by Crippen LogP contribution is -2.20. The predicted molar refractivity (Wildman–Crippen MR) is 91.0 cm³/mol. The number of fused-ring (bicyclic) bond motifs is 1. The average Bonchev–Trinajstić information content (AvgIpc) is 2.91. The smallest absolute Gasteiger partial charge is 0.250 e. The van der Waals surface area contributed by atoms with Gasteiger partial charge in [0.15, 0.2) is 4.34 Å². The maximum absolute atomic E-state index is 11.7. The van der Waals surface area contributed by atoms with Gasteiger partial charge in [0.1, 0.15) is 0 Å². The van der Waals surface area contributed by atoms with Crippen molar-refractivity contribution in [3.8, 4) is 0 Å². The Kier molecular flexibility index (Phi) is 5.95. The molecule has 1 aromatic carbocycles. The first kappa shape index (κ1) is 15.7. The van der Waals surface area contributed by atoms with E-state index in [4.69, 9.17) is 0 Å². The fourth-order valence-electron chi connectivity index (χ4n) is 1.60. The molecule has 0 aliphatic carbocycles. The normalized spacial score (nSPS) is 11.6. The molecular weight excluding hydrogens is 302 g/mol. The van der Waals surface area contributed by atoms with E-state index < -0.39 is 0 Å². The number of nitrogens with one attached hydrogen (secondary N) is 1. The van der Waals surface area contributed by atoms with Gasteiger partial charge < -0.3 is 0 Å². The third kappa shape index (κ3) is 4.99. The SMILES string of the molecule is C=CCC/C(C)=N/NC(=O)CSc1nc2ccccc2s1. The second kappa shape index (κ2) is 7.95. The van der Waals surface area contributed by atoms with Gasteiger partial charge in [-0.25, -0.2) is 10.4 Å². The van der Waals surface area contributed by atoms with Crippen LogP contribution in [0.15, 0.2) is 46.4 Å². The van der Waals surface area contributed by atoms with Crippen molar-refractivity contribution in [1.82, 2.24) is 10.4 Å². The number of hydrazone groups is 1. The third-order valence-electron chi connectivity index (χ3n) is 2.68. The number of benzene rings is 1. The molecule has 0 radical (unpaired) electrons. The van der Waals surface area contributed by atoms with E-state index in [1.54, 1.807) is 11.3 Å². The highest BCUT2D eigenvalue weighted by Crippen LogP contribution is 2.28. The van der Waals surface area contributed by atoms with Crippen LogP contribution in [0.4, 0.5) is 0 Å². The predicted octanol–water partition coefficient (Wildman–Crippen LogP) is 3.85. The van der Waals surface area contributed by atoms with E-state index in [9.17, 15) is 4.79 Å². The van der Waals surface area contributed by atoms with Crippen LogP contribution in [0.1, 0.15) is 19.8 Å². The van der Waals surface area contributed by atoms with E-state index in [1.807, 2.05) is 37.3 Å². The summed E-state index contributed by atoms with van der Waals surface area (Å²) in [5.41, 5.74) is 4.44. The standard InChI is InChI=1S/C15H17N3OS2/c1-3-4-7-11(2)17-18-14(19)10-20-15-16-12-8-5-6-9-13(12)21-15/h3,5-6,8-9H,1,4,7,10H2,2H3,(H,18,19)/b17-11+. The van der Waals surface area contributed by atoms with Crippen LogP contribution in [0.5, 0.6) is 0 Å². The first-order chi connectivity index (χ1) is 10.2. The molecule has 6 heteroatoms. The summed E-state index contributed by atoms with van der Waals surface area (Å²) in [5, 5.41) is 4.06. The summed E-state index contributed by atoms with van der Waals surface area (Å²) in [6, 6.07) is 7.96. The molecule has 2 rings (SSSR count). The Bertz CT molecular complexity index is 631. The number of aromatic nitrogens is 1. The van der Waals surface area contributed by atoms with Gasteiger partial charge in [0.25, 0.3) is 5.91 Å². The van der Waals surface area contributed by atoms with Gasteiger partial charge >= 0.3 is 0 Å². The minimum Gasteiger partial charge on any atom is -0.272 e. The lowest BCUT2D eigenvalue weighted by Gasteiger charge is -2.00. The fourth-order valence-corrected chi connectivity index (χ4v) is 3.46. The van der Waals surface area contributed by atoms with Crippen LogP contribution in [-0.4, -0.2) is 22.4 Å². The number of carbonyl (C=O) groups excluding carboxylic acids is 1. The second-order valence-corrected chi connectivity index (χ2v) is 6.70. The Morgan fingerprint density at radius 1 is 1.52 bits per heavy atom. The number of rotatable bonds is 7. The first-order valence-electron chi connectivity index (χ1n) is 6.60. The Labute approximate surface area is 132 Å². The molecule has 1 aromatic heterocycles. The van der Waals surface area contributed by atoms with Crippen molar-refractivity contribution in [3.63, 3.8) is 0 Å². The number of amides is 1. The van der Waals surface area contributed by atoms with Crippen LogP contribution in [0.25, 0.3) is 10.2 Å². The van der Waals surface area contributed by atoms with Crippen molar-refractivity contribution in [3.05, 3.63) is 36.9 Å². The molecule has 0 aliphatic heterocycles. The zero-order valence-electron chi connectivity index (χ0n) is 11.8. The molecule has 21 heavy (non-hydrogen) atoms. The summed E-state index contributed by atoms with van der Waals surface area (Å²) in [4.78, 5) is 16.2. The van der Waals surface area contributed by atoms with Crippen LogP contribution in [0.3, 0.4) is 0 Å². The van der Waals surface area contributed by atoms with Gasteiger partial charge in [0.05, 0.1) is 16.0 Å². The van der Waals surface area contributed by atoms with E-state index in [2.05, 4.69) is 22.1 Å². The van der Waals surface area contributed by atoms with Crippen molar-refractivity contribution in [2.24, 2.45) is 5.10 Å². The molecule has 4 nitrogen and oxygen atoms in total. The van der Waals surface area contributed by atoms with Crippen molar-refractivity contribution >= 4 is 44.9 Å². The van der Waals surface area contributed by atoms with Gasteiger partial charge in [-0.05, 0) is 31.9 Å². The number of para-hydroxylation sites is 1. The largest absolute Gasteiger partial charge is 0.272 e. The monoisotopic (exact) mass is 319 g/mol.